The predicted octanol–water partition coefficient (Wildman–Crippen LogP) is 4.34. The van der Waals surface area contributed by atoms with E-state index in [1.165, 1.54) is 0 Å². The number of hydrogen-bond acceptors (Lipinski definition) is 3. The Labute approximate surface area is 120 Å². The molecule has 0 bridgehead atoms. The summed E-state index contributed by atoms with van der Waals surface area (Å²) >= 11 is 3.44. The SMILES string of the molecule is CC(C)(C)OC(=O)Nc1cnc2c(Br)cccc2c1. The number of pyridine rings is 1. The van der Waals surface area contributed by atoms with E-state index in [4.69, 9.17) is 4.74 Å². The maximum Gasteiger partial charge on any atom is 0.412 e. The standard InChI is InChI=1S/C14H15BrN2O2/c1-14(2,3)19-13(18)17-10-7-9-5-4-6-11(15)12(9)16-8-10/h4-8H,1-3H3,(H,17,18). The average Bonchev–Trinajstić information content (AvgIpc) is 2.26. The van der Waals surface area contributed by atoms with Crippen molar-refractivity contribution in [3.05, 3.63) is 34.9 Å². The van der Waals surface area contributed by atoms with Crippen molar-refractivity contribution in [2.45, 2.75) is 26.4 Å². The summed E-state index contributed by atoms with van der Waals surface area (Å²) in [7, 11) is 0. The lowest BCUT2D eigenvalue weighted by Gasteiger charge is -2.19. The molecular weight excluding hydrogens is 308 g/mol. The molecule has 100 valence electrons. The number of fused-ring (bicyclic) bond motifs is 1. The molecular formula is C14H15BrN2O2. The summed E-state index contributed by atoms with van der Waals surface area (Å²) in [5.41, 5.74) is 0.953. The number of para-hydroxylation sites is 1. The monoisotopic (exact) mass is 322 g/mol. The van der Waals surface area contributed by atoms with Crippen LogP contribution in [0.3, 0.4) is 0 Å². The smallest absolute Gasteiger partial charge is 0.412 e. The van der Waals surface area contributed by atoms with Gasteiger partial charge in [-0.2, -0.15) is 0 Å². The van der Waals surface area contributed by atoms with Gasteiger partial charge in [0.25, 0.3) is 0 Å². The quantitative estimate of drug-likeness (QED) is 0.849. The van der Waals surface area contributed by atoms with Crippen molar-refractivity contribution in [1.82, 2.24) is 4.98 Å². The van der Waals surface area contributed by atoms with E-state index < -0.39 is 11.7 Å². The number of aromatic nitrogens is 1. The van der Waals surface area contributed by atoms with Gasteiger partial charge >= 0.3 is 6.09 Å². The number of ether oxygens (including phenoxy) is 1. The number of halogens is 1. The van der Waals surface area contributed by atoms with Crippen LogP contribution < -0.4 is 5.32 Å². The van der Waals surface area contributed by atoms with Crippen molar-refractivity contribution in [3.8, 4) is 0 Å². The van der Waals surface area contributed by atoms with E-state index in [-0.39, 0.29) is 0 Å². The summed E-state index contributed by atoms with van der Waals surface area (Å²) in [5.74, 6) is 0. The topological polar surface area (TPSA) is 51.2 Å². The Morgan fingerprint density at radius 2 is 2.11 bits per heavy atom. The summed E-state index contributed by atoms with van der Waals surface area (Å²) in [5, 5.41) is 3.62. The van der Waals surface area contributed by atoms with Crippen molar-refractivity contribution >= 4 is 38.6 Å². The van der Waals surface area contributed by atoms with Crippen molar-refractivity contribution in [2.24, 2.45) is 0 Å². The predicted molar refractivity (Wildman–Crippen MR) is 79.3 cm³/mol. The Hall–Kier alpha value is -1.62. The molecule has 0 saturated carbocycles. The zero-order valence-corrected chi connectivity index (χ0v) is 12.6. The molecule has 1 aromatic heterocycles. The minimum absolute atomic E-state index is 0.483. The van der Waals surface area contributed by atoms with E-state index in [9.17, 15) is 4.79 Å². The van der Waals surface area contributed by atoms with Gasteiger partial charge in [-0.25, -0.2) is 4.79 Å². The van der Waals surface area contributed by atoms with Gasteiger partial charge in [-0.3, -0.25) is 10.3 Å². The van der Waals surface area contributed by atoms with Crippen LogP contribution in [0.1, 0.15) is 20.8 Å². The molecule has 0 aliphatic rings. The fraction of sp³-hybridized carbons (Fsp3) is 0.286. The fourth-order valence-corrected chi connectivity index (χ4v) is 2.10. The van der Waals surface area contributed by atoms with Crippen LogP contribution in [0, 0.1) is 0 Å². The first-order valence-corrected chi connectivity index (χ1v) is 6.69. The largest absolute Gasteiger partial charge is 0.444 e. The zero-order valence-electron chi connectivity index (χ0n) is 11.0. The third-order valence-electron chi connectivity index (χ3n) is 2.31. The second-order valence-corrected chi connectivity index (χ2v) is 6.02. The van der Waals surface area contributed by atoms with Gasteiger partial charge in [-0.15, -0.1) is 0 Å². The molecule has 0 aliphatic carbocycles. The first kappa shape index (κ1) is 13.8. The van der Waals surface area contributed by atoms with Crippen molar-refractivity contribution in [1.29, 1.82) is 0 Å². The molecule has 0 saturated heterocycles. The van der Waals surface area contributed by atoms with Gasteiger partial charge in [-0.1, -0.05) is 12.1 Å². The molecule has 4 nitrogen and oxygen atoms in total. The number of benzene rings is 1. The Bertz CT molecular complexity index is 620. The van der Waals surface area contributed by atoms with Crippen molar-refractivity contribution in [3.63, 3.8) is 0 Å². The van der Waals surface area contributed by atoms with Gasteiger partial charge in [0, 0.05) is 9.86 Å². The number of carbonyl (C=O) groups is 1. The molecule has 0 aliphatic heterocycles. The van der Waals surface area contributed by atoms with Crippen LogP contribution in [0.25, 0.3) is 10.9 Å². The van der Waals surface area contributed by atoms with E-state index in [0.29, 0.717) is 5.69 Å². The highest BCUT2D eigenvalue weighted by Gasteiger charge is 2.16. The summed E-state index contributed by atoms with van der Waals surface area (Å²) < 4.78 is 6.12. The molecule has 1 heterocycles. The molecule has 2 aromatic rings. The maximum absolute atomic E-state index is 11.7. The summed E-state index contributed by atoms with van der Waals surface area (Å²) in [6.45, 7) is 5.47. The van der Waals surface area contributed by atoms with Gasteiger partial charge in [-0.05, 0) is 48.8 Å². The average molecular weight is 323 g/mol. The Morgan fingerprint density at radius 3 is 2.79 bits per heavy atom. The summed E-state index contributed by atoms with van der Waals surface area (Å²) in [6, 6.07) is 7.64. The molecule has 2 rings (SSSR count). The molecule has 0 radical (unpaired) electrons. The van der Waals surface area contributed by atoms with E-state index in [2.05, 4.69) is 26.2 Å². The number of anilines is 1. The third kappa shape index (κ3) is 3.67. The molecule has 1 N–H and O–H groups in total. The number of amides is 1. The fourth-order valence-electron chi connectivity index (χ4n) is 1.61. The van der Waals surface area contributed by atoms with Gasteiger partial charge < -0.3 is 4.74 Å². The van der Waals surface area contributed by atoms with E-state index >= 15 is 0 Å². The number of nitrogens with one attached hydrogen (secondary N) is 1. The molecule has 19 heavy (non-hydrogen) atoms. The summed E-state index contributed by atoms with van der Waals surface area (Å²) in [4.78, 5) is 16.0. The van der Waals surface area contributed by atoms with E-state index in [1.54, 1.807) is 6.20 Å². The second-order valence-electron chi connectivity index (χ2n) is 5.16. The van der Waals surface area contributed by atoms with Gasteiger partial charge in [0.05, 0.1) is 17.4 Å². The minimum Gasteiger partial charge on any atom is -0.444 e. The van der Waals surface area contributed by atoms with Crippen molar-refractivity contribution in [2.75, 3.05) is 5.32 Å². The highest BCUT2D eigenvalue weighted by molar-refractivity contribution is 9.10. The van der Waals surface area contributed by atoms with Crippen molar-refractivity contribution < 1.29 is 9.53 Å². The molecule has 5 heteroatoms. The van der Waals surface area contributed by atoms with E-state index in [1.807, 2.05) is 45.0 Å². The van der Waals surface area contributed by atoms with Crippen LogP contribution in [0.2, 0.25) is 0 Å². The second kappa shape index (κ2) is 5.17. The highest BCUT2D eigenvalue weighted by atomic mass is 79.9. The number of nitrogens with zero attached hydrogens (tertiary/aromatic N) is 1. The lowest BCUT2D eigenvalue weighted by atomic mass is 10.2. The molecule has 0 atom stereocenters. The molecule has 0 fully saturated rings. The van der Waals surface area contributed by atoms with Gasteiger partial charge in [0.2, 0.25) is 0 Å². The molecule has 1 amide bonds. The lowest BCUT2D eigenvalue weighted by Crippen LogP contribution is -2.27. The minimum atomic E-state index is -0.516. The molecule has 0 unspecified atom stereocenters. The van der Waals surface area contributed by atoms with E-state index in [0.717, 1.165) is 15.4 Å². The van der Waals surface area contributed by atoms with Gasteiger partial charge in [0.15, 0.2) is 0 Å². The Kier molecular flexibility index (Phi) is 3.75. The van der Waals surface area contributed by atoms with Crippen LogP contribution in [0.4, 0.5) is 10.5 Å². The molecule has 0 spiro atoms. The lowest BCUT2D eigenvalue weighted by molar-refractivity contribution is 0.0636. The first-order chi connectivity index (χ1) is 8.85. The Morgan fingerprint density at radius 1 is 1.37 bits per heavy atom. The maximum atomic E-state index is 11.7. The van der Waals surface area contributed by atoms with Crippen LogP contribution in [-0.4, -0.2) is 16.7 Å². The number of rotatable bonds is 1. The van der Waals surface area contributed by atoms with Crippen LogP contribution in [0.5, 0.6) is 0 Å². The molecule has 1 aromatic carbocycles. The van der Waals surface area contributed by atoms with Crippen LogP contribution in [-0.2, 0) is 4.74 Å². The van der Waals surface area contributed by atoms with Crippen LogP contribution in [0.15, 0.2) is 34.9 Å². The van der Waals surface area contributed by atoms with Crippen LogP contribution >= 0.6 is 15.9 Å². The number of carbonyl (C=O) groups excluding carboxylic acids is 1. The summed E-state index contributed by atoms with van der Waals surface area (Å²) in [6.07, 6.45) is 1.13. The number of hydrogen-bond donors (Lipinski definition) is 1. The first-order valence-electron chi connectivity index (χ1n) is 5.89. The van der Waals surface area contributed by atoms with Gasteiger partial charge in [0.1, 0.15) is 5.60 Å². The third-order valence-corrected chi connectivity index (χ3v) is 2.95. The zero-order chi connectivity index (χ0) is 14.0. The normalized spacial score (nSPS) is 11.4. The Balaban J connectivity index is 2.20. The highest BCUT2D eigenvalue weighted by Crippen LogP contribution is 2.24.